The number of carboxylic acid groups (broad SMARTS) is 1. The second-order valence-corrected chi connectivity index (χ2v) is 5.62. The van der Waals surface area contributed by atoms with Crippen LogP contribution >= 0.6 is 0 Å². The average molecular weight is 316 g/mol. The molecule has 1 atom stereocenters. The van der Waals surface area contributed by atoms with Gasteiger partial charge in [-0.25, -0.2) is 0 Å². The van der Waals surface area contributed by atoms with Crippen LogP contribution in [0.2, 0.25) is 0 Å². The molecule has 1 aliphatic heterocycles. The molecule has 0 saturated carbocycles. The van der Waals surface area contributed by atoms with Gasteiger partial charge in [0, 0.05) is 30.6 Å². The van der Waals surface area contributed by atoms with Crippen LogP contribution in [0.15, 0.2) is 28.8 Å². The summed E-state index contributed by atoms with van der Waals surface area (Å²) in [6, 6.07) is 6.58. The van der Waals surface area contributed by atoms with Crippen LogP contribution in [0.3, 0.4) is 0 Å². The van der Waals surface area contributed by atoms with Crippen LogP contribution in [0.5, 0.6) is 5.75 Å². The number of aromatic nitrogens is 1. The lowest BCUT2D eigenvalue weighted by Gasteiger charge is -2.26. The molecule has 23 heavy (non-hydrogen) atoms. The fourth-order valence-electron chi connectivity index (χ4n) is 3.02. The highest BCUT2D eigenvalue weighted by molar-refractivity contribution is 5.77. The number of carboxylic acids is 1. The maximum absolute atomic E-state index is 11.9. The van der Waals surface area contributed by atoms with E-state index < -0.39 is 12.0 Å². The van der Waals surface area contributed by atoms with Crippen LogP contribution in [-0.4, -0.2) is 34.3 Å². The SMILES string of the molecule is CCc1onc(C)c1CN1CCOc2ccccc2C1C(=O)O. The molecular weight excluding hydrogens is 296 g/mol. The lowest BCUT2D eigenvalue weighted by molar-refractivity contribution is -0.143. The lowest BCUT2D eigenvalue weighted by Crippen LogP contribution is -2.35. The number of para-hydroxylation sites is 1. The van der Waals surface area contributed by atoms with Gasteiger partial charge in [0.2, 0.25) is 0 Å². The second-order valence-electron chi connectivity index (χ2n) is 5.62. The van der Waals surface area contributed by atoms with Gasteiger partial charge < -0.3 is 14.4 Å². The first-order valence-electron chi connectivity index (χ1n) is 7.74. The summed E-state index contributed by atoms with van der Waals surface area (Å²) in [5.41, 5.74) is 2.47. The van der Waals surface area contributed by atoms with E-state index in [4.69, 9.17) is 9.26 Å². The number of ether oxygens (including phenoxy) is 1. The number of fused-ring (bicyclic) bond motifs is 1. The van der Waals surface area contributed by atoms with Crippen molar-refractivity contribution >= 4 is 5.97 Å². The number of nitrogens with zero attached hydrogens (tertiary/aromatic N) is 2. The number of benzene rings is 1. The standard InChI is InChI=1S/C17H20N2O4/c1-3-14-13(11(2)18-23-14)10-19-8-9-22-15-7-5-4-6-12(15)16(19)17(20)21/h4-7,16H,3,8-10H2,1-2H3,(H,20,21). The predicted molar refractivity (Wildman–Crippen MR) is 83.3 cm³/mol. The van der Waals surface area contributed by atoms with E-state index in [-0.39, 0.29) is 0 Å². The third-order valence-corrected chi connectivity index (χ3v) is 4.20. The minimum Gasteiger partial charge on any atom is -0.492 e. The maximum Gasteiger partial charge on any atom is 0.325 e. The fourth-order valence-corrected chi connectivity index (χ4v) is 3.02. The Morgan fingerprint density at radius 1 is 1.43 bits per heavy atom. The number of aryl methyl sites for hydroxylation is 2. The molecule has 6 heteroatoms. The van der Waals surface area contributed by atoms with E-state index in [0.717, 1.165) is 23.4 Å². The van der Waals surface area contributed by atoms with Crippen molar-refractivity contribution in [2.45, 2.75) is 32.9 Å². The van der Waals surface area contributed by atoms with Gasteiger partial charge in [-0.15, -0.1) is 0 Å². The van der Waals surface area contributed by atoms with Gasteiger partial charge in [0.25, 0.3) is 0 Å². The monoisotopic (exact) mass is 316 g/mol. The first kappa shape index (κ1) is 15.6. The number of hydrogen-bond donors (Lipinski definition) is 1. The van der Waals surface area contributed by atoms with Gasteiger partial charge in [-0.2, -0.15) is 0 Å². The second kappa shape index (κ2) is 6.42. The zero-order valence-corrected chi connectivity index (χ0v) is 13.3. The van der Waals surface area contributed by atoms with Crippen molar-refractivity contribution in [3.63, 3.8) is 0 Å². The van der Waals surface area contributed by atoms with E-state index in [1.54, 1.807) is 0 Å². The lowest BCUT2D eigenvalue weighted by atomic mass is 10.0. The summed E-state index contributed by atoms with van der Waals surface area (Å²) < 4.78 is 11.0. The number of rotatable bonds is 4. The highest BCUT2D eigenvalue weighted by Gasteiger charge is 2.33. The normalized spacial score (nSPS) is 18.1. The molecule has 0 saturated heterocycles. The molecule has 0 spiro atoms. The largest absolute Gasteiger partial charge is 0.492 e. The molecule has 1 unspecified atom stereocenters. The van der Waals surface area contributed by atoms with Crippen molar-refractivity contribution in [2.75, 3.05) is 13.2 Å². The molecule has 1 aromatic heterocycles. The summed E-state index contributed by atoms with van der Waals surface area (Å²) in [7, 11) is 0. The van der Waals surface area contributed by atoms with Gasteiger partial charge in [0.15, 0.2) is 0 Å². The van der Waals surface area contributed by atoms with E-state index in [1.807, 2.05) is 43.0 Å². The summed E-state index contributed by atoms with van der Waals surface area (Å²) in [6.07, 6.45) is 0.731. The van der Waals surface area contributed by atoms with E-state index >= 15 is 0 Å². The zero-order chi connectivity index (χ0) is 16.4. The van der Waals surface area contributed by atoms with E-state index in [9.17, 15) is 9.90 Å². The van der Waals surface area contributed by atoms with Crippen LogP contribution in [0.4, 0.5) is 0 Å². The third-order valence-electron chi connectivity index (χ3n) is 4.20. The first-order chi connectivity index (χ1) is 11.1. The van der Waals surface area contributed by atoms with Crippen molar-refractivity contribution in [3.05, 3.63) is 46.8 Å². The van der Waals surface area contributed by atoms with Crippen molar-refractivity contribution in [3.8, 4) is 5.75 Å². The Balaban J connectivity index is 1.97. The molecule has 122 valence electrons. The molecule has 0 amide bonds. The van der Waals surface area contributed by atoms with Gasteiger partial charge in [-0.3, -0.25) is 9.69 Å². The number of aliphatic carboxylic acids is 1. The summed E-state index contributed by atoms with van der Waals surface area (Å²) in [5, 5.41) is 13.8. The molecule has 0 bridgehead atoms. The Morgan fingerprint density at radius 3 is 2.96 bits per heavy atom. The van der Waals surface area contributed by atoms with Crippen LogP contribution in [0.25, 0.3) is 0 Å². The number of carbonyl (C=O) groups is 1. The molecule has 1 aliphatic rings. The summed E-state index contributed by atoms with van der Waals surface area (Å²) in [4.78, 5) is 13.8. The minimum absolute atomic E-state index is 0.451. The Hall–Kier alpha value is -2.34. The molecule has 1 N–H and O–H groups in total. The number of hydrogen-bond acceptors (Lipinski definition) is 5. The van der Waals surface area contributed by atoms with Crippen molar-refractivity contribution in [1.29, 1.82) is 0 Å². The Labute approximate surface area is 134 Å². The smallest absolute Gasteiger partial charge is 0.325 e. The minimum atomic E-state index is -0.880. The van der Waals surface area contributed by atoms with Gasteiger partial charge in [-0.05, 0) is 13.0 Å². The molecule has 2 aromatic rings. The summed E-state index contributed by atoms with van der Waals surface area (Å²) >= 11 is 0. The fraction of sp³-hybridized carbons (Fsp3) is 0.412. The third kappa shape index (κ3) is 2.94. The maximum atomic E-state index is 11.9. The molecule has 0 fully saturated rings. The topological polar surface area (TPSA) is 75.8 Å². The molecule has 6 nitrogen and oxygen atoms in total. The van der Waals surface area contributed by atoms with E-state index in [1.165, 1.54) is 0 Å². The van der Waals surface area contributed by atoms with Gasteiger partial charge >= 0.3 is 5.97 Å². The van der Waals surface area contributed by atoms with Gasteiger partial charge in [0.1, 0.15) is 24.2 Å². The van der Waals surface area contributed by atoms with Crippen molar-refractivity contribution in [2.24, 2.45) is 0 Å². The van der Waals surface area contributed by atoms with Crippen LogP contribution in [0.1, 0.15) is 35.5 Å². The molecule has 3 rings (SSSR count). The first-order valence-corrected chi connectivity index (χ1v) is 7.74. The van der Waals surface area contributed by atoms with Crippen LogP contribution < -0.4 is 4.74 Å². The van der Waals surface area contributed by atoms with Crippen molar-refractivity contribution in [1.82, 2.24) is 10.1 Å². The quantitative estimate of drug-likeness (QED) is 0.934. The zero-order valence-electron chi connectivity index (χ0n) is 13.3. The molecule has 0 aliphatic carbocycles. The Kier molecular flexibility index (Phi) is 4.34. The van der Waals surface area contributed by atoms with Crippen LogP contribution in [-0.2, 0) is 17.8 Å². The summed E-state index contributed by atoms with van der Waals surface area (Å²) in [5.74, 6) is 0.570. The predicted octanol–water partition coefficient (Wildman–Crippen LogP) is 2.57. The van der Waals surface area contributed by atoms with Gasteiger partial charge in [-0.1, -0.05) is 30.3 Å². The Bertz CT molecular complexity index is 710. The highest BCUT2D eigenvalue weighted by atomic mass is 16.5. The van der Waals surface area contributed by atoms with E-state index in [0.29, 0.717) is 31.0 Å². The molecule has 2 heterocycles. The molecule has 0 radical (unpaired) electrons. The molecule has 1 aromatic carbocycles. The average Bonchev–Trinajstić information content (AvgIpc) is 2.78. The van der Waals surface area contributed by atoms with Gasteiger partial charge in [0.05, 0.1) is 5.69 Å². The molecular formula is C17H20N2O4. The van der Waals surface area contributed by atoms with E-state index in [2.05, 4.69) is 5.16 Å². The Morgan fingerprint density at radius 2 is 2.22 bits per heavy atom. The highest BCUT2D eigenvalue weighted by Crippen LogP contribution is 2.33. The summed E-state index contributed by atoms with van der Waals surface area (Å²) in [6.45, 7) is 5.34. The van der Waals surface area contributed by atoms with Crippen LogP contribution in [0, 0.1) is 6.92 Å². The van der Waals surface area contributed by atoms with Crippen molar-refractivity contribution < 1.29 is 19.2 Å².